The van der Waals surface area contributed by atoms with Gasteiger partial charge in [0.15, 0.2) is 0 Å². The summed E-state index contributed by atoms with van der Waals surface area (Å²) < 4.78 is 1.73. The molecule has 1 aromatic rings. The van der Waals surface area contributed by atoms with Crippen LogP contribution in [0.3, 0.4) is 0 Å². The van der Waals surface area contributed by atoms with Crippen LogP contribution in [0, 0.1) is 0 Å². The Morgan fingerprint density at radius 2 is 2.11 bits per heavy atom. The molecule has 0 spiro atoms. The molecule has 6 nitrogen and oxygen atoms in total. The first-order valence-corrected chi connectivity index (χ1v) is 6.72. The topological polar surface area (TPSA) is 79.2 Å². The minimum atomic E-state index is -0.838. The molecule has 0 aliphatic rings. The minimum Gasteiger partial charge on any atom is -0.388 e. The number of nitrogens with zero attached hydrogens (tertiary/aromatic N) is 2. The van der Waals surface area contributed by atoms with Gasteiger partial charge in [0.25, 0.3) is 0 Å². The van der Waals surface area contributed by atoms with Crippen LogP contribution in [-0.4, -0.2) is 33.1 Å². The lowest BCUT2D eigenvalue weighted by atomic mass is 9.98. The van der Waals surface area contributed by atoms with Gasteiger partial charge in [-0.3, -0.25) is 5.32 Å². The number of carbonyl (C=O) groups excluding carboxylic acids is 1. The summed E-state index contributed by atoms with van der Waals surface area (Å²) in [6.07, 6.45) is 2.85. The van der Waals surface area contributed by atoms with Crippen molar-refractivity contribution in [2.75, 3.05) is 11.9 Å². The molecule has 0 aromatic carbocycles. The monoisotopic (exact) mass is 268 g/mol. The number of carbonyl (C=O) groups is 1. The molecule has 0 unspecified atom stereocenters. The van der Waals surface area contributed by atoms with E-state index in [0.29, 0.717) is 18.7 Å². The summed E-state index contributed by atoms with van der Waals surface area (Å²) in [5.41, 5.74) is -0.838. The highest BCUT2D eigenvalue weighted by atomic mass is 16.3. The van der Waals surface area contributed by atoms with Crippen molar-refractivity contribution in [2.45, 2.75) is 52.2 Å². The van der Waals surface area contributed by atoms with Gasteiger partial charge < -0.3 is 10.4 Å². The van der Waals surface area contributed by atoms with Gasteiger partial charge in [0.2, 0.25) is 0 Å². The van der Waals surface area contributed by atoms with E-state index in [1.165, 1.54) is 0 Å². The minimum absolute atomic E-state index is 0.175. The van der Waals surface area contributed by atoms with Crippen molar-refractivity contribution in [1.29, 1.82) is 0 Å². The summed E-state index contributed by atoms with van der Waals surface area (Å²) in [5, 5.41) is 19.6. The van der Waals surface area contributed by atoms with Gasteiger partial charge in [0, 0.05) is 18.7 Å². The van der Waals surface area contributed by atoms with E-state index in [1.54, 1.807) is 16.9 Å². The molecule has 1 aromatic heterocycles. The Balaban J connectivity index is 2.54. The quantitative estimate of drug-likeness (QED) is 0.739. The van der Waals surface area contributed by atoms with E-state index in [-0.39, 0.29) is 18.6 Å². The number of nitrogens with one attached hydrogen (secondary N) is 2. The summed E-state index contributed by atoms with van der Waals surface area (Å²) in [6, 6.07) is 1.59. The van der Waals surface area contributed by atoms with E-state index < -0.39 is 5.60 Å². The Bertz CT molecular complexity index is 411. The molecule has 0 radical (unpaired) electrons. The van der Waals surface area contributed by atoms with Crippen molar-refractivity contribution in [1.82, 2.24) is 15.1 Å². The highest BCUT2D eigenvalue weighted by Gasteiger charge is 2.22. The zero-order valence-corrected chi connectivity index (χ0v) is 12.1. The van der Waals surface area contributed by atoms with Gasteiger partial charge in [-0.05, 0) is 26.7 Å². The summed E-state index contributed by atoms with van der Waals surface area (Å²) in [5.74, 6) is 0.643. The van der Waals surface area contributed by atoms with Crippen molar-refractivity contribution < 1.29 is 9.90 Å². The first kappa shape index (κ1) is 15.5. The second-order valence-corrected chi connectivity index (χ2v) is 4.99. The summed E-state index contributed by atoms with van der Waals surface area (Å²) >= 11 is 0. The van der Waals surface area contributed by atoms with Gasteiger partial charge in [-0.15, -0.1) is 0 Å². The molecule has 3 N–H and O–H groups in total. The number of hydrogen-bond donors (Lipinski definition) is 3. The van der Waals surface area contributed by atoms with Crippen LogP contribution in [0.15, 0.2) is 12.3 Å². The van der Waals surface area contributed by atoms with Crippen LogP contribution in [-0.2, 0) is 0 Å². The molecule has 1 heterocycles. The fraction of sp³-hybridized carbons (Fsp3) is 0.692. The largest absolute Gasteiger partial charge is 0.388 e. The maximum Gasteiger partial charge on any atom is 0.320 e. The maximum absolute atomic E-state index is 11.8. The predicted octanol–water partition coefficient (Wildman–Crippen LogP) is 2.14. The van der Waals surface area contributed by atoms with Crippen LogP contribution >= 0.6 is 0 Å². The zero-order valence-electron chi connectivity index (χ0n) is 12.1. The molecule has 6 heteroatoms. The highest BCUT2D eigenvalue weighted by Crippen LogP contribution is 2.14. The standard InChI is InChI=1S/C13H24N4O2/c1-5-13(19,6-2)9-14-12(18)16-11-7-8-15-17(11)10(3)4/h7-8,10,19H,5-6,9H2,1-4H3,(H2,14,16,18). The van der Waals surface area contributed by atoms with Crippen molar-refractivity contribution >= 4 is 11.8 Å². The number of aromatic nitrogens is 2. The van der Waals surface area contributed by atoms with Gasteiger partial charge in [-0.1, -0.05) is 13.8 Å². The number of aliphatic hydroxyl groups is 1. The molecule has 0 fully saturated rings. The first-order valence-electron chi connectivity index (χ1n) is 6.72. The molecule has 2 amide bonds. The number of urea groups is 1. The molecule has 0 saturated carbocycles. The van der Waals surface area contributed by atoms with E-state index in [9.17, 15) is 9.90 Å². The predicted molar refractivity (Wildman–Crippen MR) is 75.2 cm³/mol. The smallest absolute Gasteiger partial charge is 0.320 e. The first-order chi connectivity index (χ1) is 8.91. The second-order valence-electron chi connectivity index (χ2n) is 4.99. The average molecular weight is 268 g/mol. The molecule has 0 aliphatic carbocycles. The maximum atomic E-state index is 11.8. The van der Waals surface area contributed by atoms with Gasteiger partial charge in [-0.2, -0.15) is 5.10 Å². The van der Waals surface area contributed by atoms with Crippen LogP contribution in [0.1, 0.15) is 46.6 Å². The third kappa shape index (κ3) is 4.24. The SMILES string of the molecule is CCC(O)(CC)CNC(=O)Nc1ccnn1C(C)C. The Morgan fingerprint density at radius 3 is 2.63 bits per heavy atom. The third-order valence-electron chi connectivity index (χ3n) is 3.30. The van der Waals surface area contributed by atoms with E-state index in [4.69, 9.17) is 0 Å². The van der Waals surface area contributed by atoms with Crippen LogP contribution in [0.5, 0.6) is 0 Å². The fourth-order valence-electron chi connectivity index (χ4n) is 1.73. The lowest BCUT2D eigenvalue weighted by Crippen LogP contribution is -2.43. The number of hydrogen-bond acceptors (Lipinski definition) is 3. The Labute approximate surface area is 114 Å². The van der Waals surface area contributed by atoms with Crippen molar-refractivity contribution in [3.05, 3.63) is 12.3 Å². The van der Waals surface area contributed by atoms with Crippen LogP contribution in [0.2, 0.25) is 0 Å². The van der Waals surface area contributed by atoms with Crippen LogP contribution in [0.4, 0.5) is 10.6 Å². The number of anilines is 1. The lowest BCUT2D eigenvalue weighted by molar-refractivity contribution is 0.0354. The lowest BCUT2D eigenvalue weighted by Gasteiger charge is -2.25. The van der Waals surface area contributed by atoms with E-state index >= 15 is 0 Å². The molecular weight excluding hydrogens is 244 g/mol. The van der Waals surface area contributed by atoms with Crippen LogP contribution < -0.4 is 10.6 Å². The summed E-state index contributed by atoms with van der Waals surface area (Å²) in [7, 11) is 0. The van der Waals surface area contributed by atoms with Crippen molar-refractivity contribution in [3.8, 4) is 0 Å². The Morgan fingerprint density at radius 1 is 1.47 bits per heavy atom. The Hall–Kier alpha value is -1.56. The van der Waals surface area contributed by atoms with E-state index in [2.05, 4.69) is 15.7 Å². The van der Waals surface area contributed by atoms with Gasteiger partial charge >= 0.3 is 6.03 Å². The van der Waals surface area contributed by atoms with Crippen molar-refractivity contribution in [3.63, 3.8) is 0 Å². The normalized spacial score (nSPS) is 11.7. The highest BCUT2D eigenvalue weighted by molar-refractivity contribution is 5.88. The molecular formula is C13H24N4O2. The summed E-state index contributed by atoms with van der Waals surface area (Å²) in [6.45, 7) is 8.02. The molecule has 108 valence electrons. The van der Waals surface area contributed by atoms with Gasteiger partial charge in [0.1, 0.15) is 5.82 Å². The molecule has 0 aliphatic heterocycles. The third-order valence-corrected chi connectivity index (χ3v) is 3.30. The molecule has 19 heavy (non-hydrogen) atoms. The van der Waals surface area contributed by atoms with E-state index in [0.717, 1.165) is 0 Å². The van der Waals surface area contributed by atoms with Crippen molar-refractivity contribution in [2.24, 2.45) is 0 Å². The zero-order chi connectivity index (χ0) is 14.5. The van der Waals surface area contributed by atoms with E-state index in [1.807, 2.05) is 27.7 Å². The molecule has 0 atom stereocenters. The second kappa shape index (κ2) is 6.56. The van der Waals surface area contributed by atoms with Crippen LogP contribution in [0.25, 0.3) is 0 Å². The fourth-order valence-corrected chi connectivity index (χ4v) is 1.73. The average Bonchev–Trinajstić information content (AvgIpc) is 2.84. The number of amides is 2. The number of rotatable bonds is 6. The Kier molecular flexibility index (Phi) is 5.35. The molecule has 0 saturated heterocycles. The summed E-state index contributed by atoms with van der Waals surface area (Å²) in [4.78, 5) is 11.8. The molecule has 1 rings (SSSR count). The van der Waals surface area contributed by atoms with Gasteiger partial charge in [0.05, 0.1) is 11.8 Å². The molecule has 0 bridgehead atoms. The van der Waals surface area contributed by atoms with Gasteiger partial charge in [-0.25, -0.2) is 9.48 Å².